The van der Waals surface area contributed by atoms with E-state index in [4.69, 9.17) is 4.74 Å². The van der Waals surface area contributed by atoms with Gasteiger partial charge in [0.2, 0.25) is 0 Å². The summed E-state index contributed by atoms with van der Waals surface area (Å²) in [5.41, 5.74) is 0.148. The fourth-order valence-electron chi connectivity index (χ4n) is 2.88. The van der Waals surface area contributed by atoms with Gasteiger partial charge in [-0.05, 0) is 32.9 Å². The molecule has 0 aliphatic carbocycles. The van der Waals surface area contributed by atoms with E-state index in [9.17, 15) is 23.1 Å². The number of imidazole rings is 1. The molecule has 4 rings (SSSR count). The number of H-pyrrole nitrogens is 1. The molecule has 0 amide bonds. The minimum Gasteiger partial charge on any atom is -0.494 e. The van der Waals surface area contributed by atoms with Gasteiger partial charge in [-0.15, -0.1) is 0 Å². The van der Waals surface area contributed by atoms with Crippen LogP contribution in [0, 0.1) is 10.1 Å². The van der Waals surface area contributed by atoms with Crippen molar-refractivity contribution in [3.63, 3.8) is 0 Å². The molecule has 4 aromatic rings. The average molecular weight is 444 g/mol. The van der Waals surface area contributed by atoms with E-state index in [0.29, 0.717) is 5.82 Å². The van der Waals surface area contributed by atoms with Crippen LogP contribution in [0.2, 0.25) is 0 Å². The van der Waals surface area contributed by atoms with Gasteiger partial charge in [-0.1, -0.05) is 12.1 Å². The molecule has 0 aliphatic rings. The number of nitrogens with one attached hydrogen (secondary N) is 1. The highest BCUT2D eigenvalue weighted by atomic mass is 32.2. The summed E-state index contributed by atoms with van der Waals surface area (Å²) in [5, 5.41) is 19.8. The number of benzene rings is 2. The zero-order valence-electron chi connectivity index (χ0n) is 15.8. The molecule has 2 aromatic heterocycles. The van der Waals surface area contributed by atoms with Crippen LogP contribution < -0.4 is 9.53 Å². The van der Waals surface area contributed by atoms with Gasteiger partial charge in [-0.25, -0.2) is 4.98 Å². The number of aromatic nitrogens is 6. The molecule has 0 unspecified atom stereocenters. The van der Waals surface area contributed by atoms with Crippen LogP contribution in [0.1, 0.15) is 0 Å². The summed E-state index contributed by atoms with van der Waals surface area (Å²) in [6.45, 7) is 0. The highest BCUT2D eigenvalue weighted by Gasteiger charge is 2.28. The molecule has 31 heavy (non-hydrogen) atoms. The number of tetrazole rings is 1. The zero-order chi connectivity index (χ0) is 22.2. The number of nitro groups is 1. The number of methoxy groups -OCH3 is 1. The molecule has 0 saturated carbocycles. The lowest BCUT2D eigenvalue weighted by Gasteiger charge is -2.06. The molecule has 2 aromatic carbocycles. The summed E-state index contributed by atoms with van der Waals surface area (Å²) in [6.07, 6.45) is 2.85. The fraction of sp³-hybridized carbons (Fsp3) is 0.0588. The van der Waals surface area contributed by atoms with Crippen LogP contribution in [0.3, 0.4) is 0 Å². The third kappa shape index (κ3) is 3.72. The molecule has 0 radical (unpaired) electrons. The quantitative estimate of drug-likeness (QED) is 0.191. The van der Waals surface area contributed by atoms with Crippen molar-refractivity contribution in [1.29, 1.82) is 0 Å². The van der Waals surface area contributed by atoms with Gasteiger partial charge in [-0.3, -0.25) is 19.7 Å². The lowest BCUT2D eigenvalue weighted by molar-refractivity contribution is -0.737. The van der Waals surface area contributed by atoms with Crippen molar-refractivity contribution in [2.75, 3.05) is 7.11 Å². The van der Waals surface area contributed by atoms with Gasteiger partial charge in [0.15, 0.2) is 17.8 Å². The minimum absolute atomic E-state index is 0.0387. The average Bonchev–Trinajstić information content (AvgIpc) is 3.42. The zero-order valence-corrected chi connectivity index (χ0v) is 16.6. The Morgan fingerprint density at radius 3 is 2.68 bits per heavy atom. The first-order valence-corrected chi connectivity index (χ1v) is 10.0. The molecule has 0 spiro atoms. The predicted molar refractivity (Wildman–Crippen MR) is 103 cm³/mol. The van der Waals surface area contributed by atoms with Crippen molar-refractivity contribution in [2.45, 2.75) is 4.90 Å². The SMILES string of the molecule is COc1cc([N+](=O)[O-])ccc1-n1nc(-c2ccccc2S(=O)(=O)O)n[n+]1-c1cnc[nH]1. The molecule has 0 aliphatic heterocycles. The van der Waals surface area contributed by atoms with Gasteiger partial charge >= 0.3 is 0 Å². The van der Waals surface area contributed by atoms with Crippen molar-refractivity contribution < 1.29 is 27.4 Å². The number of hydrogen-bond donors (Lipinski definition) is 2. The van der Waals surface area contributed by atoms with Crippen LogP contribution in [0.5, 0.6) is 5.75 Å². The van der Waals surface area contributed by atoms with Gasteiger partial charge in [0, 0.05) is 11.2 Å². The van der Waals surface area contributed by atoms with Gasteiger partial charge in [0.1, 0.15) is 11.1 Å². The summed E-state index contributed by atoms with van der Waals surface area (Å²) in [4.78, 5) is 19.5. The number of nitro benzene ring substituents is 1. The smallest absolute Gasteiger partial charge is 0.295 e. The third-order valence-corrected chi connectivity index (χ3v) is 5.16. The van der Waals surface area contributed by atoms with Crippen molar-refractivity contribution in [1.82, 2.24) is 25.0 Å². The maximum atomic E-state index is 11.8. The second kappa shape index (κ2) is 7.58. The minimum atomic E-state index is -4.55. The van der Waals surface area contributed by atoms with Crippen molar-refractivity contribution in [2.24, 2.45) is 0 Å². The lowest BCUT2D eigenvalue weighted by Crippen LogP contribution is -2.43. The van der Waals surface area contributed by atoms with E-state index in [2.05, 4.69) is 20.2 Å². The molecular formula is C17H14N7O6S+. The monoisotopic (exact) mass is 444 g/mol. The maximum Gasteiger partial charge on any atom is 0.295 e. The van der Waals surface area contributed by atoms with Crippen LogP contribution in [-0.4, -0.2) is 50.0 Å². The van der Waals surface area contributed by atoms with Crippen LogP contribution in [-0.2, 0) is 10.1 Å². The van der Waals surface area contributed by atoms with E-state index in [1.165, 1.54) is 65.6 Å². The Labute approximate surface area is 174 Å². The predicted octanol–water partition coefficient (Wildman–Crippen LogP) is 1.10. The van der Waals surface area contributed by atoms with Crippen LogP contribution >= 0.6 is 0 Å². The Balaban J connectivity index is 1.98. The topological polar surface area (TPSA) is 170 Å². The Morgan fingerprint density at radius 1 is 1.26 bits per heavy atom. The summed E-state index contributed by atoms with van der Waals surface area (Å²) in [7, 11) is -3.21. The highest BCUT2D eigenvalue weighted by Crippen LogP contribution is 2.28. The third-order valence-electron chi connectivity index (χ3n) is 4.25. The van der Waals surface area contributed by atoms with Gasteiger partial charge in [0.25, 0.3) is 27.4 Å². The largest absolute Gasteiger partial charge is 0.494 e. The molecule has 2 N–H and O–H groups in total. The number of rotatable bonds is 6. The molecule has 14 heteroatoms. The molecular weight excluding hydrogens is 430 g/mol. The molecule has 0 bridgehead atoms. The molecule has 2 heterocycles. The van der Waals surface area contributed by atoms with E-state index in [-0.39, 0.29) is 33.4 Å². The Kier molecular flexibility index (Phi) is 4.92. The van der Waals surface area contributed by atoms with Gasteiger partial charge in [0.05, 0.1) is 23.7 Å². The van der Waals surface area contributed by atoms with E-state index >= 15 is 0 Å². The normalized spacial score (nSPS) is 11.4. The molecule has 0 atom stereocenters. The molecule has 158 valence electrons. The summed E-state index contributed by atoms with van der Waals surface area (Å²) in [6, 6.07) is 9.58. The first kappa shape index (κ1) is 20.1. The molecule has 0 saturated heterocycles. The van der Waals surface area contributed by atoms with Gasteiger partial charge < -0.3 is 4.74 Å². The molecule has 13 nitrogen and oxygen atoms in total. The summed E-state index contributed by atoms with van der Waals surface area (Å²) < 4.78 is 38.5. The number of non-ortho nitro benzene ring substituents is 1. The first-order valence-electron chi connectivity index (χ1n) is 8.57. The van der Waals surface area contributed by atoms with Gasteiger partial charge in [-0.2, -0.15) is 8.42 Å². The Bertz CT molecular complexity index is 1380. The Morgan fingerprint density at radius 2 is 2.03 bits per heavy atom. The summed E-state index contributed by atoms with van der Waals surface area (Å²) in [5.74, 6) is 0.453. The van der Waals surface area contributed by atoms with E-state index in [0.717, 1.165) is 0 Å². The lowest BCUT2D eigenvalue weighted by atomic mass is 10.2. The fourth-order valence-corrected chi connectivity index (χ4v) is 3.57. The van der Waals surface area contributed by atoms with E-state index < -0.39 is 15.0 Å². The van der Waals surface area contributed by atoms with Crippen LogP contribution in [0.4, 0.5) is 5.69 Å². The molecule has 0 fully saturated rings. The van der Waals surface area contributed by atoms with Crippen molar-refractivity contribution in [3.05, 3.63) is 65.1 Å². The van der Waals surface area contributed by atoms with Crippen LogP contribution in [0.15, 0.2) is 59.9 Å². The van der Waals surface area contributed by atoms with Crippen molar-refractivity contribution >= 4 is 15.8 Å². The number of ether oxygens (including phenoxy) is 1. The van der Waals surface area contributed by atoms with Crippen LogP contribution in [0.25, 0.3) is 22.9 Å². The first-order chi connectivity index (χ1) is 14.8. The second-order valence-electron chi connectivity index (χ2n) is 6.12. The number of nitrogens with zero attached hydrogens (tertiary/aromatic N) is 6. The van der Waals surface area contributed by atoms with E-state index in [1.54, 1.807) is 6.07 Å². The number of aromatic amines is 1. The maximum absolute atomic E-state index is 11.8. The van der Waals surface area contributed by atoms with E-state index in [1.807, 2.05) is 0 Å². The number of hydrogen-bond acceptors (Lipinski definition) is 8. The summed E-state index contributed by atoms with van der Waals surface area (Å²) >= 11 is 0. The Hall–Kier alpha value is -4.17. The van der Waals surface area contributed by atoms with Crippen molar-refractivity contribution in [3.8, 4) is 28.6 Å². The standard InChI is InChI=1S/C17H13N7O6S/c1-30-14-8-11(24(25)26)6-7-13(14)22-20-17(21-23(22)16-9-18-10-19-16)12-4-2-3-5-15(12)31(27,28)29/h2-10H,1H3,(H-,18,19,27,28,29)/p+1. The second-order valence-corrected chi connectivity index (χ2v) is 7.51. The highest BCUT2D eigenvalue weighted by molar-refractivity contribution is 7.86.